The van der Waals surface area contributed by atoms with Crippen molar-refractivity contribution in [3.05, 3.63) is 57.2 Å². The zero-order chi connectivity index (χ0) is 19.0. The molecule has 3 nitrogen and oxygen atoms in total. The minimum Gasteiger partial charge on any atom is -0.379 e. The van der Waals surface area contributed by atoms with Gasteiger partial charge in [0.25, 0.3) is 0 Å². The third kappa shape index (κ3) is 4.66. The summed E-state index contributed by atoms with van der Waals surface area (Å²) in [6.07, 6.45) is -4.81. The van der Waals surface area contributed by atoms with Gasteiger partial charge in [-0.05, 0) is 57.8 Å². The van der Waals surface area contributed by atoms with E-state index < -0.39 is 26.8 Å². The van der Waals surface area contributed by atoms with E-state index in [2.05, 4.69) is 0 Å². The first-order valence-corrected chi connectivity index (χ1v) is 9.72. The lowest BCUT2D eigenvalue weighted by Gasteiger charge is -2.19. The molecule has 136 valence electrons. The first-order valence-electron chi connectivity index (χ1n) is 7.23. The fourth-order valence-electron chi connectivity index (χ4n) is 2.17. The van der Waals surface area contributed by atoms with Gasteiger partial charge in [0.2, 0.25) is 0 Å². The van der Waals surface area contributed by atoms with Gasteiger partial charge < -0.3 is 4.18 Å². The van der Waals surface area contributed by atoms with Crippen LogP contribution in [0.25, 0.3) is 0 Å². The van der Waals surface area contributed by atoms with Crippen molar-refractivity contribution < 1.29 is 25.8 Å². The summed E-state index contributed by atoms with van der Waals surface area (Å²) in [7, 11) is -4.62. The molecule has 2 rings (SSSR count). The van der Waals surface area contributed by atoms with Crippen molar-refractivity contribution in [3.8, 4) is 5.75 Å². The average Bonchev–Trinajstić information content (AvgIpc) is 2.44. The molecule has 0 amide bonds. The van der Waals surface area contributed by atoms with E-state index in [1.54, 1.807) is 12.1 Å². The molecule has 0 saturated carbocycles. The molecule has 0 aliphatic carbocycles. The molecule has 2 aromatic carbocycles. The van der Waals surface area contributed by atoms with Crippen molar-refractivity contribution in [2.45, 2.75) is 37.3 Å². The van der Waals surface area contributed by atoms with Crippen LogP contribution < -0.4 is 4.18 Å². The third-order valence-electron chi connectivity index (χ3n) is 3.45. The molecule has 0 aromatic heterocycles. The molecule has 8 heteroatoms. The quantitative estimate of drug-likeness (QED) is 0.435. The van der Waals surface area contributed by atoms with Crippen molar-refractivity contribution >= 4 is 32.7 Å². The standard InChI is InChI=1S/C17H16F3IO3S/c1-16(2,3)11-7-9-12(10-8-11)24-25(22,23)14-6-4-5-13(21)15(14)17(18,19)20/h4-10H,1-3H3. The number of rotatable bonds is 3. The van der Waals surface area contributed by atoms with E-state index in [1.807, 2.05) is 20.8 Å². The van der Waals surface area contributed by atoms with Gasteiger partial charge in [0.15, 0.2) is 0 Å². The van der Waals surface area contributed by atoms with Crippen LogP contribution in [0.5, 0.6) is 5.75 Å². The molecule has 0 N–H and O–H groups in total. The van der Waals surface area contributed by atoms with Gasteiger partial charge in [0.05, 0.1) is 5.56 Å². The van der Waals surface area contributed by atoms with E-state index in [-0.39, 0.29) is 14.7 Å². The molecule has 2 aromatic rings. The Labute approximate surface area is 158 Å². The number of hydrogen-bond donors (Lipinski definition) is 0. The van der Waals surface area contributed by atoms with Gasteiger partial charge in [-0.3, -0.25) is 0 Å². The molecule has 0 atom stereocenters. The topological polar surface area (TPSA) is 43.4 Å². The molecule has 0 radical (unpaired) electrons. The number of alkyl halides is 3. The number of hydrogen-bond acceptors (Lipinski definition) is 3. The maximum absolute atomic E-state index is 13.2. The van der Waals surface area contributed by atoms with Crippen LogP contribution in [-0.4, -0.2) is 8.42 Å². The van der Waals surface area contributed by atoms with Crippen molar-refractivity contribution in [2.75, 3.05) is 0 Å². The van der Waals surface area contributed by atoms with Crippen molar-refractivity contribution in [3.63, 3.8) is 0 Å². The molecule has 0 bridgehead atoms. The van der Waals surface area contributed by atoms with Crippen LogP contribution in [0.2, 0.25) is 0 Å². The van der Waals surface area contributed by atoms with Gasteiger partial charge in [0, 0.05) is 3.57 Å². The predicted molar refractivity (Wildman–Crippen MR) is 97.1 cm³/mol. The smallest absolute Gasteiger partial charge is 0.379 e. The molecule has 0 heterocycles. The highest BCUT2D eigenvalue weighted by Crippen LogP contribution is 2.38. The zero-order valence-corrected chi connectivity index (χ0v) is 16.7. The van der Waals surface area contributed by atoms with Crippen LogP contribution in [0.15, 0.2) is 47.4 Å². The SMILES string of the molecule is CC(C)(C)c1ccc(OS(=O)(=O)c2cccc(I)c2C(F)(F)F)cc1. The van der Waals surface area contributed by atoms with E-state index in [0.717, 1.165) is 11.6 Å². The fourth-order valence-corrected chi connectivity index (χ4v) is 4.33. The Morgan fingerprint density at radius 1 is 0.960 bits per heavy atom. The predicted octanol–water partition coefficient (Wildman–Crippen LogP) is 5.38. The Kier molecular flexibility index (Phi) is 5.44. The summed E-state index contributed by atoms with van der Waals surface area (Å²) in [5.41, 5.74) is -0.416. The minimum atomic E-state index is -4.81. The van der Waals surface area contributed by atoms with Gasteiger partial charge in [-0.15, -0.1) is 0 Å². The summed E-state index contributed by atoms with van der Waals surface area (Å²) in [5, 5.41) is 0. The van der Waals surface area contributed by atoms with E-state index in [0.29, 0.717) is 0 Å². The molecule has 0 saturated heterocycles. The van der Waals surface area contributed by atoms with Crippen molar-refractivity contribution in [1.82, 2.24) is 0 Å². The van der Waals surface area contributed by atoms with Crippen molar-refractivity contribution in [1.29, 1.82) is 0 Å². The van der Waals surface area contributed by atoms with Crippen LogP contribution in [0.1, 0.15) is 31.9 Å². The molecule has 0 fully saturated rings. The van der Waals surface area contributed by atoms with Crippen LogP contribution in [0.3, 0.4) is 0 Å². The van der Waals surface area contributed by atoms with Gasteiger partial charge in [-0.25, -0.2) is 0 Å². The maximum Gasteiger partial charge on any atom is 0.418 e. The highest BCUT2D eigenvalue weighted by atomic mass is 127. The van der Waals surface area contributed by atoms with Gasteiger partial charge in [0.1, 0.15) is 10.6 Å². The molecular weight excluding hydrogens is 468 g/mol. The summed E-state index contributed by atoms with van der Waals surface area (Å²) < 4.78 is 69.2. The third-order valence-corrected chi connectivity index (χ3v) is 5.64. The fraction of sp³-hybridized carbons (Fsp3) is 0.294. The van der Waals surface area contributed by atoms with Gasteiger partial charge in [-0.1, -0.05) is 39.0 Å². The molecule has 0 aliphatic rings. The van der Waals surface area contributed by atoms with E-state index in [4.69, 9.17) is 4.18 Å². The lowest BCUT2D eigenvalue weighted by atomic mass is 9.87. The average molecular weight is 484 g/mol. The molecule has 25 heavy (non-hydrogen) atoms. The normalized spacial score (nSPS) is 12.9. The molecular formula is C17H16F3IO3S. The Balaban J connectivity index is 2.43. The molecule has 0 aliphatic heterocycles. The maximum atomic E-state index is 13.2. The van der Waals surface area contributed by atoms with Crippen LogP contribution in [0, 0.1) is 3.57 Å². The monoisotopic (exact) mass is 484 g/mol. The molecule has 0 unspecified atom stereocenters. The number of halogens is 4. The van der Waals surface area contributed by atoms with Crippen LogP contribution in [-0.2, 0) is 21.7 Å². The van der Waals surface area contributed by atoms with Crippen molar-refractivity contribution in [2.24, 2.45) is 0 Å². The lowest BCUT2D eigenvalue weighted by molar-refractivity contribution is -0.140. The second-order valence-corrected chi connectivity index (χ2v) is 9.10. The Hall–Kier alpha value is -1.29. The van der Waals surface area contributed by atoms with E-state index >= 15 is 0 Å². The molecule has 0 spiro atoms. The Bertz CT molecular complexity index is 867. The van der Waals surface area contributed by atoms with E-state index in [9.17, 15) is 21.6 Å². The second-order valence-electron chi connectivity index (χ2n) is 6.42. The summed E-state index contributed by atoms with van der Waals surface area (Å²) in [4.78, 5) is -0.896. The highest BCUT2D eigenvalue weighted by Gasteiger charge is 2.40. The Morgan fingerprint density at radius 2 is 1.52 bits per heavy atom. The summed E-state index contributed by atoms with van der Waals surface area (Å²) >= 11 is 1.46. The van der Waals surface area contributed by atoms with Crippen LogP contribution >= 0.6 is 22.6 Å². The lowest BCUT2D eigenvalue weighted by Crippen LogP contribution is -2.18. The van der Waals surface area contributed by atoms with Gasteiger partial charge >= 0.3 is 16.3 Å². The zero-order valence-electron chi connectivity index (χ0n) is 13.7. The van der Waals surface area contributed by atoms with Crippen LogP contribution in [0.4, 0.5) is 13.2 Å². The second kappa shape index (κ2) is 6.79. The highest BCUT2D eigenvalue weighted by molar-refractivity contribution is 14.1. The van der Waals surface area contributed by atoms with E-state index in [1.165, 1.54) is 46.9 Å². The number of benzene rings is 2. The Morgan fingerprint density at radius 3 is 2.00 bits per heavy atom. The first-order chi connectivity index (χ1) is 11.3. The summed E-state index contributed by atoms with van der Waals surface area (Å²) in [6, 6.07) is 9.56. The van der Waals surface area contributed by atoms with Gasteiger partial charge in [-0.2, -0.15) is 21.6 Å². The summed E-state index contributed by atoms with van der Waals surface area (Å²) in [5.74, 6) is -0.0417. The first kappa shape index (κ1) is 20.0. The largest absolute Gasteiger partial charge is 0.418 e. The summed E-state index contributed by atoms with van der Waals surface area (Å²) in [6.45, 7) is 5.96. The minimum absolute atomic E-state index is 0.0417.